The van der Waals surface area contributed by atoms with Crippen LogP contribution in [0.25, 0.3) is 10.9 Å². The summed E-state index contributed by atoms with van der Waals surface area (Å²) in [6, 6.07) is 21.7. The number of fused-ring (bicyclic) bond motifs is 1. The van der Waals surface area contributed by atoms with Crippen LogP contribution in [0.3, 0.4) is 0 Å². The van der Waals surface area contributed by atoms with Crippen molar-refractivity contribution >= 4 is 51.6 Å². The molecule has 1 aliphatic rings. The van der Waals surface area contributed by atoms with Crippen LogP contribution in [-0.4, -0.2) is 83.3 Å². The summed E-state index contributed by atoms with van der Waals surface area (Å²) in [4.78, 5) is 43.8. The predicted octanol–water partition coefficient (Wildman–Crippen LogP) is 3.82. The Bertz CT molecular complexity index is 1690. The molecule has 0 fully saturated rings. The number of aromatic nitrogens is 1. The molecule has 4 N–H and O–H groups in total. The first kappa shape index (κ1) is 33.2. The summed E-state index contributed by atoms with van der Waals surface area (Å²) >= 11 is 2.02. The van der Waals surface area contributed by atoms with E-state index in [0.717, 1.165) is 22.2 Å². The van der Waals surface area contributed by atoms with E-state index in [-0.39, 0.29) is 38.4 Å². The van der Waals surface area contributed by atoms with Gasteiger partial charge in [-0.25, -0.2) is 0 Å². The lowest BCUT2D eigenvalue weighted by Gasteiger charge is -2.40. The van der Waals surface area contributed by atoms with E-state index in [2.05, 4.69) is 10.3 Å². The highest BCUT2D eigenvalue weighted by Crippen LogP contribution is 2.37. The van der Waals surface area contributed by atoms with Gasteiger partial charge in [0.2, 0.25) is 11.8 Å². The second-order valence-corrected chi connectivity index (χ2v) is 12.2. The first-order valence-electron chi connectivity index (χ1n) is 15.0. The minimum Gasteiger partial charge on any atom is -0.493 e. The maximum absolute atomic E-state index is 14.0. The van der Waals surface area contributed by atoms with Gasteiger partial charge in [-0.05, 0) is 63.9 Å². The van der Waals surface area contributed by atoms with Gasteiger partial charge in [0.1, 0.15) is 18.5 Å². The highest BCUT2D eigenvalue weighted by atomic mass is 127. The molecular formula is C35H36IN3O7. The van der Waals surface area contributed by atoms with Gasteiger partial charge in [-0.2, -0.15) is 0 Å². The van der Waals surface area contributed by atoms with E-state index in [1.165, 1.54) is 13.2 Å². The minimum atomic E-state index is -1.22. The van der Waals surface area contributed by atoms with Gasteiger partial charge in [0, 0.05) is 48.3 Å². The summed E-state index contributed by atoms with van der Waals surface area (Å²) in [7, 11) is 1.45. The number of ether oxygens (including phenoxy) is 2. The van der Waals surface area contributed by atoms with Crippen molar-refractivity contribution in [3.05, 3.63) is 105 Å². The van der Waals surface area contributed by atoms with Crippen molar-refractivity contribution < 1.29 is 34.1 Å². The molecule has 1 aliphatic carbocycles. The third kappa shape index (κ3) is 7.77. The van der Waals surface area contributed by atoms with Gasteiger partial charge in [-0.15, -0.1) is 0 Å². The number of rotatable bonds is 13. The quantitative estimate of drug-likeness (QED) is 0.121. The number of aldehydes is 1. The standard InChI is InChI=1S/C35H36IN3O7/c1-45-31-16-23(21-41)15-27(36)34(31)46-30-20-25(35(44)37-12-14-40)19-29(33(30)43)39(32(42)17-22-7-3-2-4-8-22)13-11-26-18-24-9-5-6-10-28(24)38-26/h2-10,15-16,18,20-21,29-30,33,38,40,43H,11-14,17,19H2,1H3,(H,37,44). The zero-order valence-electron chi connectivity index (χ0n) is 25.3. The minimum absolute atomic E-state index is 0.0465. The highest BCUT2D eigenvalue weighted by Gasteiger charge is 2.41. The number of methoxy groups -OCH3 is 1. The second-order valence-electron chi connectivity index (χ2n) is 11.0. The number of carbonyl (C=O) groups is 3. The molecule has 0 spiro atoms. The van der Waals surface area contributed by atoms with Gasteiger partial charge in [0.05, 0.1) is 29.7 Å². The molecule has 1 aromatic heterocycles. The van der Waals surface area contributed by atoms with E-state index >= 15 is 0 Å². The lowest BCUT2D eigenvalue weighted by molar-refractivity contribution is -0.137. The molecule has 3 unspecified atom stereocenters. The van der Waals surface area contributed by atoms with Gasteiger partial charge in [-0.3, -0.25) is 14.4 Å². The van der Waals surface area contributed by atoms with Crippen molar-refractivity contribution in [2.24, 2.45) is 0 Å². The predicted molar refractivity (Wildman–Crippen MR) is 182 cm³/mol. The summed E-state index contributed by atoms with van der Waals surface area (Å²) in [6.45, 7) is 0.0772. The number of H-pyrrole nitrogens is 1. The molecular weight excluding hydrogens is 701 g/mol. The van der Waals surface area contributed by atoms with Crippen LogP contribution in [0.5, 0.6) is 11.5 Å². The smallest absolute Gasteiger partial charge is 0.247 e. The van der Waals surface area contributed by atoms with Crippen LogP contribution in [-0.2, 0) is 22.4 Å². The summed E-state index contributed by atoms with van der Waals surface area (Å²) < 4.78 is 12.4. The molecule has 0 saturated heterocycles. The largest absolute Gasteiger partial charge is 0.493 e. The highest BCUT2D eigenvalue weighted by molar-refractivity contribution is 14.1. The van der Waals surface area contributed by atoms with E-state index < -0.39 is 24.2 Å². The first-order chi connectivity index (χ1) is 22.3. The maximum Gasteiger partial charge on any atom is 0.247 e. The fourth-order valence-electron chi connectivity index (χ4n) is 5.69. The third-order valence-corrected chi connectivity index (χ3v) is 8.78. The summed E-state index contributed by atoms with van der Waals surface area (Å²) in [6.07, 6.45) is 0.655. The lowest BCUT2D eigenvalue weighted by Crippen LogP contribution is -2.56. The average molecular weight is 738 g/mol. The number of carbonyl (C=O) groups excluding carboxylic acids is 3. The SMILES string of the molecule is COc1cc(C=O)cc(I)c1OC1C=C(C(=O)NCCO)CC(N(CCc2cc3ccccc3[nH]2)C(=O)Cc2ccccc2)C1O. The molecule has 11 heteroatoms. The van der Waals surface area contributed by atoms with Crippen LogP contribution < -0.4 is 14.8 Å². The van der Waals surface area contributed by atoms with Crippen LogP contribution in [0.1, 0.15) is 28.0 Å². The monoisotopic (exact) mass is 737 g/mol. The van der Waals surface area contributed by atoms with Crippen molar-refractivity contribution in [3.8, 4) is 11.5 Å². The Morgan fingerprint density at radius 1 is 1.11 bits per heavy atom. The van der Waals surface area contributed by atoms with Crippen molar-refractivity contribution in [3.63, 3.8) is 0 Å². The molecule has 3 aromatic carbocycles. The Morgan fingerprint density at radius 3 is 2.59 bits per heavy atom. The molecule has 1 heterocycles. The Labute approximate surface area is 280 Å². The van der Waals surface area contributed by atoms with Crippen molar-refractivity contribution in [2.45, 2.75) is 37.5 Å². The second kappa shape index (κ2) is 15.4. The number of hydrogen-bond donors (Lipinski definition) is 4. The topological polar surface area (TPSA) is 141 Å². The summed E-state index contributed by atoms with van der Waals surface area (Å²) in [5, 5.41) is 24.9. The zero-order valence-corrected chi connectivity index (χ0v) is 27.5. The van der Waals surface area contributed by atoms with Crippen LogP contribution >= 0.6 is 22.6 Å². The van der Waals surface area contributed by atoms with E-state index in [1.807, 2.05) is 83.3 Å². The van der Waals surface area contributed by atoms with Gasteiger partial charge in [-0.1, -0.05) is 48.5 Å². The molecule has 4 aromatic rings. The normalized spacial score (nSPS) is 17.7. The van der Waals surface area contributed by atoms with Crippen LogP contribution in [0.2, 0.25) is 0 Å². The number of aliphatic hydroxyl groups is 2. The molecule has 3 atom stereocenters. The number of amides is 2. The Morgan fingerprint density at radius 2 is 1.87 bits per heavy atom. The van der Waals surface area contributed by atoms with Gasteiger partial charge in [0.25, 0.3) is 0 Å². The maximum atomic E-state index is 14.0. The van der Waals surface area contributed by atoms with Crippen molar-refractivity contribution in [1.82, 2.24) is 15.2 Å². The van der Waals surface area contributed by atoms with E-state index in [0.29, 0.717) is 38.9 Å². The molecule has 2 amide bonds. The number of benzene rings is 3. The number of nitrogens with zero attached hydrogens (tertiary/aromatic N) is 1. The van der Waals surface area contributed by atoms with Crippen LogP contribution in [0.4, 0.5) is 0 Å². The van der Waals surface area contributed by atoms with E-state index in [4.69, 9.17) is 9.47 Å². The molecule has 0 saturated carbocycles. The lowest BCUT2D eigenvalue weighted by atomic mass is 9.87. The Balaban J connectivity index is 1.50. The molecule has 240 valence electrons. The Hall–Kier alpha value is -4.20. The Kier molecular flexibility index (Phi) is 11.1. The average Bonchev–Trinajstić information content (AvgIpc) is 3.49. The number of nitrogens with one attached hydrogen (secondary N) is 2. The van der Waals surface area contributed by atoms with E-state index in [9.17, 15) is 24.6 Å². The first-order valence-corrected chi connectivity index (χ1v) is 16.1. The van der Waals surface area contributed by atoms with E-state index in [1.54, 1.807) is 17.0 Å². The number of para-hydroxylation sites is 1. The molecule has 5 rings (SSSR count). The third-order valence-electron chi connectivity index (χ3n) is 7.98. The molecule has 10 nitrogen and oxygen atoms in total. The van der Waals surface area contributed by atoms with Gasteiger partial charge < -0.3 is 34.9 Å². The molecule has 46 heavy (non-hydrogen) atoms. The molecule has 0 bridgehead atoms. The molecule has 0 radical (unpaired) electrons. The zero-order chi connectivity index (χ0) is 32.6. The number of hydrogen-bond acceptors (Lipinski definition) is 7. The molecule has 0 aliphatic heterocycles. The summed E-state index contributed by atoms with van der Waals surface area (Å²) in [5.41, 5.74) is 3.45. The number of aromatic amines is 1. The number of halogens is 1. The van der Waals surface area contributed by atoms with Crippen molar-refractivity contribution in [2.75, 3.05) is 26.8 Å². The van der Waals surface area contributed by atoms with Crippen LogP contribution in [0.15, 0.2) is 84.4 Å². The fourth-order valence-corrected chi connectivity index (χ4v) is 6.45. The number of aliphatic hydroxyl groups excluding tert-OH is 2. The van der Waals surface area contributed by atoms with Gasteiger partial charge in [0.15, 0.2) is 11.5 Å². The van der Waals surface area contributed by atoms with Crippen molar-refractivity contribution in [1.29, 1.82) is 0 Å². The summed E-state index contributed by atoms with van der Waals surface area (Å²) in [5.74, 6) is -0.0444. The van der Waals surface area contributed by atoms with Crippen LogP contribution in [0, 0.1) is 3.57 Å². The van der Waals surface area contributed by atoms with Gasteiger partial charge >= 0.3 is 0 Å². The fraction of sp³-hybridized carbons (Fsp3) is 0.286.